The lowest BCUT2D eigenvalue weighted by atomic mass is 10.0. The molecule has 2 aromatic carbocycles. The number of amides is 2. The number of nitrogens with two attached hydrogens (primary N) is 1. The van der Waals surface area contributed by atoms with E-state index in [0.29, 0.717) is 46.4 Å². The topological polar surface area (TPSA) is 166 Å². The van der Waals surface area contributed by atoms with Crippen LogP contribution in [-0.4, -0.2) is 71.9 Å². The number of aromatic nitrogens is 5. The van der Waals surface area contributed by atoms with Crippen LogP contribution in [0.1, 0.15) is 46.2 Å². The van der Waals surface area contributed by atoms with Gasteiger partial charge in [0.2, 0.25) is 5.91 Å². The van der Waals surface area contributed by atoms with Gasteiger partial charge in [-0.2, -0.15) is 10.2 Å². The second kappa shape index (κ2) is 13.2. The van der Waals surface area contributed by atoms with E-state index < -0.39 is 18.6 Å². The number of pyridine rings is 1. The number of fused-ring (bicyclic) bond motifs is 1. The Morgan fingerprint density at radius 1 is 1.19 bits per heavy atom. The number of benzene rings is 2. The van der Waals surface area contributed by atoms with Crippen LogP contribution in [0.3, 0.4) is 0 Å². The summed E-state index contributed by atoms with van der Waals surface area (Å²) in [4.78, 5) is 45.4. The fraction of sp³-hybridized carbons (Fsp3) is 0.200. The molecular formula is C35H33N9O4. The van der Waals surface area contributed by atoms with Crippen LogP contribution in [-0.2, 0) is 11.8 Å². The monoisotopic (exact) mass is 643 g/mol. The number of nitrogens with one attached hydrogen (secondary N) is 1. The maximum Gasteiger partial charge on any atom is 0.264 e. The molecule has 13 heteroatoms. The Labute approximate surface area is 275 Å². The van der Waals surface area contributed by atoms with Gasteiger partial charge in [-0.05, 0) is 36.6 Å². The molecular weight excluding hydrogens is 610 g/mol. The third-order valence-corrected chi connectivity index (χ3v) is 8.12. The Morgan fingerprint density at radius 3 is 2.69 bits per heavy atom. The molecule has 48 heavy (non-hydrogen) atoms. The number of aliphatic imine (C=N–C) groups is 1. The second-order valence-corrected chi connectivity index (χ2v) is 11.3. The molecule has 0 saturated carbocycles. The summed E-state index contributed by atoms with van der Waals surface area (Å²) in [7, 11) is 1.64. The zero-order valence-electron chi connectivity index (χ0n) is 26.4. The predicted molar refractivity (Wildman–Crippen MR) is 182 cm³/mol. The first-order valence-electron chi connectivity index (χ1n) is 15.2. The van der Waals surface area contributed by atoms with E-state index in [9.17, 15) is 14.4 Å². The zero-order valence-corrected chi connectivity index (χ0v) is 26.4. The van der Waals surface area contributed by atoms with Gasteiger partial charge in [0, 0.05) is 49.5 Å². The van der Waals surface area contributed by atoms with Crippen molar-refractivity contribution in [3.8, 4) is 17.5 Å². The molecule has 1 aliphatic rings. The van der Waals surface area contributed by atoms with Gasteiger partial charge in [-0.1, -0.05) is 54.8 Å². The van der Waals surface area contributed by atoms with Crippen LogP contribution in [0, 0.1) is 11.8 Å². The average Bonchev–Trinajstić information content (AvgIpc) is 3.64. The molecule has 242 valence electrons. The van der Waals surface area contributed by atoms with Crippen LogP contribution in [0.4, 0.5) is 11.6 Å². The van der Waals surface area contributed by atoms with Crippen LogP contribution in [0.5, 0.6) is 0 Å². The van der Waals surface area contributed by atoms with Gasteiger partial charge < -0.3 is 21.1 Å². The fourth-order valence-corrected chi connectivity index (χ4v) is 5.68. The van der Waals surface area contributed by atoms with Gasteiger partial charge in [0.1, 0.15) is 12.2 Å². The van der Waals surface area contributed by atoms with Gasteiger partial charge in [-0.25, -0.2) is 9.67 Å². The van der Waals surface area contributed by atoms with Gasteiger partial charge in [0.15, 0.2) is 11.6 Å². The summed E-state index contributed by atoms with van der Waals surface area (Å²) in [5.74, 6) is 5.77. The first-order chi connectivity index (χ1) is 23.2. The number of nitrogens with zero attached hydrogens (tertiary/aromatic N) is 7. The number of rotatable bonds is 8. The Morgan fingerprint density at radius 2 is 1.96 bits per heavy atom. The average molecular weight is 644 g/mol. The summed E-state index contributed by atoms with van der Waals surface area (Å²) in [5.41, 5.74) is 8.28. The van der Waals surface area contributed by atoms with E-state index in [1.54, 1.807) is 46.6 Å². The summed E-state index contributed by atoms with van der Waals surface area (Å²) in [6, 6.07) is 15.9. The number of nitrogen functional groups attached to an aromatic ring is 1. The number of aliphatic hydroxyl groups is 1. The van der Waals surface area contributed by atoms with E-state index in [2.05, 4.69) is 38.9 Å². The van der Waals surface area contributed by atoms with Crippen molar-refractivity contribution in [3.63, 3.8) is 0 Å². The third-order valence-electron chi connectivity index (χ3n) is 8.12. The van der Waals surface area contributed by atoms with Gasteiger partial charge in [0.05, 0.1) is 29.2 Å². The Kier molecular flexibility index (Phi) is 8.74. The molecule has 13 nitrogen and oxygen atoms in total. The molecule has 1 atom stereocenters. The first kappa shape index (κ1) is 31.7. The summed E-state index contributed by atoms with van der Waals surface area (Å²) < 4.78 is 4.75. The fourth-order valence-electron chi connectivity index (χ4n) is 5.68. The maximum atomic E-state index is 14.4. The third kappa shape index (κ3) is 6.00. The molecule has 0 aliphatic carbocycles. The van der Waals surface area contributed by atoms with Crippen molar-refractivity contribution in [3.05, 3.63) is 112 Å². The van der Waals surface area contributed by atoms with Crippen molar-refractivity contribution in [2.75, 3.05) is 25.4 Å². The van der Waals surface area contributed by atoms with E-state index in [0.717, 1.165) is 0 Å². The lowest BCUT2D eigenvalue weighted by Gasteiger charge is -2.38. The molecule has 1 aliphatic heterocycles. The largest absolute Gasteiger partial charge is 0.387 e. The van der Waals surface area contributed by atoms with Crippen LogP contribution < -0.4 is 16.6 Å². The van der Waals surface area contributed by atoms with Crippen molar-refractivity contribution < 1.29 is 14.7 Å². The molecule has 1 fully saturated rings. The molecule has 4 heterocycles. The van der Waals surface area contributed by atoms with Crippen molar-refractivity contribution in [1.82, 2.24) is 34.3 Å². The number of aliphatic hydroxyl groups excluding tert-OH is 1. The highest BCUT2D eigenvalue weighted by molar-refractivity contribution is 6.03. The quantitative estimate of drug-likeness (QED) is 0.173. The Hall–Kier alpha value is -6.26. The Balaban J connectivity index is 1.36. The molecule has 0 spiro atoms. The number of anilines is 1. The van der Waals surface area contributed by atoms with Crippen molar-refractivity contribution >= 4 is 40.4 Å². The summed E-state index contributed by atoms with van der Waals surface area (Å²) in [5, 5.41) is 21.7. The van der Waals surface area contributed by atoms with Gasteiger partial charge in [-0.3, -0.25) is 23.6 Å². The number of hydrogen-bond donors (Lipinski definition) is 3. The highest BCUT2D eigenvalue weighted by atomic mass is 16.3. The minimum atomic E-state index is -0.638. The maximum absolute atomic E-state index is 14.4. The highest BCUT2D eigenvalue weighted by Gasteiger charge is 2.32. The summed E-state index contributed by atoms with van der Waals surface area (Å²) >= 11 is 0. The number of allylic oxidation sites excluding steroid dienone is 1. The van der Waals surface area contributed by atoms with Gasteiger partial charge in [-0.15, -0.1) is 0 Å². The van der Waals surface area contributed by atoms with Crippen LogP contribution in [0.25, 0.3) is 16.5 Å². The van der Waals surface area contributed by atoms with E-state index >= 15 is 0 Å². The number of likely N-dealkylation sites (tertiary alicyclic amines) is 1. The molecule has 4 N–H and O–H groups in total. The SMILES string of the molecule is C=C/C=N\c1c(C(=O)NC(C)c2cc3cccc(C#Cc4cnn(C5CN(C(=O)CO)C5)c4)c3c(=O)n2-c2ccccc2)c(N)nn1C. The van der Waals surface area contributed by atoms with E-state index in [-0.39, 0.29) is 34.7 Å². The van der Waals surface area contributed by atoms with Crippen LogP contribution in [0.15, 0.2) is 89.4 Å². The van der Waals surface area contributed by atoms with Crippen molar-refractivity contribution in [2.45, 2.75) is 19.0 Å². The lowest BCUT2D eigenvalue weighted by Crippen LogP contribution is -2.51. The molecule has 1 unspecified atom stereocenters. The molecule has 0 radical (unpaired) electrons. The summed E-state index contributed by atoms with van der Waals surface area (Å²) in [6.07, 6.45) is 6.38. The molecule has 5 aromatic rings. The van der Waals surface area contributed by atoms with Crippen LogP contribution >= 0.6 is 0 Å². The summed E-state index contributed by atoms with van der Waals surface area (Å²) in [6.45, 7) is 5.85. The zero-order chi connectivity index (χ0) is 33.9. The van der Waals surface area contributed by atoms with Gasteiger partial charge >= 0.3 is 0 Å². The molecule has 3 aromatic heterocycles. The van der Waals surface area contributed by atoms with Crippen LogP contribution in [0.2, 0.25) is 0 Å². The number of hydrogen-bond acceptors (Lipinski definition) is 8. The standard InChI is InChI=1S/C35H33N9O4/c1-4-15-37-33-31(32(36)40-41(33)3)34(47)39-22(2)28-16-25-10-8-9-24(30(25)35(48)44(28)26-11-6-5-7-12-26)14-13-23-17-38-43(18-23)27-19-42(20-27)29(46)21-45/h4-12,15-18,22,27,45H,1,19-21H2,2-3H3,(H2,36,40)(H,39,47)/b37-15-. The lowest BCUT2D eigenvalue weighted by molar-refractivity contribution is -0.140. The molecule has 6 rings (SSSR count). The van der Waals surface area contributed by atoms with E-state index in [4.69, 9.17) is 10.8 Å². The number of carbonyl (C=O) groups is 2. The minimum absolute atomic E-state index is 0.00800. The van der Waals surface area contributed by atoms with E-state index in [1.807, 2.05) is 48.5 Å². The van der Waals surface area contributed by atoms with Gasteiger partial charge in [0.25, 0.3) is 11.5 Å². The number of para-hydroxylation sites is 1. The number of carbonyl (C=O) groups excluding carboxylic acids is 2. The molecule has 1 saturated heterocycles. The second-order valence-electron chi connectivity index (χ2n) is 11.3. The molecule has 0 bridgehead atoms. The molecule has 2 amide bonds. The van der Waals surface area contributed by atoms with Crippen molar-refractivity contribution in [2.24, 2.45) is 12.0 Å². The van der Waals surface area contributed by atoms with E-state index in [1.165, 1.54) is 17.0 Å². The number of aryl methyl sites for hydroxylation is 1. The highest BCUT2D eigenvalue weighted by Crippen LogP contribution is 2.27. The normalized spacial score (nSPS) is 13.6. The Bertz CT molecular complexity index is 2200. The minimum Gasteiger partial charge on any atom is -0.387 e. The predicted octanol–water partition coefficient (Wildman–Crippen LogP) is 2.66. The first-order valence-corrected chi connectivity index (χ1v) is 15.2. The van der Waals surface area contributed by atoms with Crippen molar-refractivity contribution in [1.29, 1.82) is 0 Å². The smallest absolute Gasteiger partial charge is 0.264 e.